The normalized spacial score (nSPS) is 12.2. The Kier molecular flexibility index (Phi) is 4.53. The minimum absolute atomic E-state index is 0.0289. The van der Waals surface area contributed by atoms with Crippen LogP contribution in [0.3, 0.4) is 0 Å². The Morgan fingerprint density at radius 1 is 1.45 bits per heavy atom. The number of anilines is 1. The van der Waals surface area contributed by atoms with E-state index in [4.69, 9.17) is 4.74 Å². The number of carbonyl (C=O) groups excluding carboxylic acids is 1. The standard InChI is InChI=1S/C15H18N2O3/c1-3-20-15(19)12-8-16-13-7-5-4-6-11(13)14(12)17-10(2)9-18/h4-8,10,18H,3,9H2,1-2H3,(H,16,17). The third-order valence-corrected chi connectivity index (χ3v) is 2.94. The number of hydrogen-bond donors (Lipinski definition) is 2. The number of hydrogen-bond acceptors (Lipinski definition) is 5. The van der Waals surface area contributed by atoms with E-state index in [2.05, 4.69) is 10.3 Å². The second-order valence-electron chi connectivity index (χ2n) is 4.51. The number of para-hydroxylation sites is 1. The summed E-state index contributed by atoms with van der Waals surface area (Å²) in [6, 6.07) is 7.36. The number of fused-ring (bicyclic) bond motifs is 1. The van der Waals surface area contributed by atoms with Gasteiger partial charge in [-0.05, 0) is 19.9 Å². The van der Waals surface area contributed by atoms with Crippen LogP contribution in [-0.2, 0) is 4.74 Å². The van der Waals surface area contributed by atoms with E-state index < -0.39 is 5.97 Å². The van der Waals surface area contributed by atoms with Crippen LogP contribution in [0.4, 0.5) is 5.69 Å². The Hall–Kier alpha value is -2.14. The summed E-state index contributed by atoms with van der Waals surface area (Å²) >= 11 is 0. The number of aromatic nitrogens is 1. The number of aliphatic hydroxyl groups excluding tert-OH is 1. The molecule has 2 rings (SSSR count). The van der Waals surface area contributed by atoms with Crippen LogP contribution >= 0.6 is 0 Å². The van der Waals surface area contributed by atoms with Gasteiger partial charge in [0.2, 0.25) is 0 Å². The number of pyridine rings is 1. The summed E-state index contributed by atoms with van der Waals surface area (Å²) in [5.74, 6) is -0.418. The van der Waals surface area contributed by atoms with Crippen molar-refractivity contribution in [2.24, 2.45) is 0 Å². The van der Waals surface area contributed by atoms with Crippen molar-refractivity contribution >= 4 is 22.6 Å². The summed E-state index contributed by atoms with van der Waals surface area (Å²) in [7, 11) is 0. The van der Waals surface area contributed by atoms with Crippen molar-refractivity contribution in [2.45, 2.75) is 19.9 Å². The average molecular weight is 274 g/mol. The predicted molar refractivity (Wildman–Crippen MR) is 77.9 cm³/mol. The Morgan fingerprint density at radius 3 is 2.90 bits per heavy atom. The first kappa shape index (κ1) is 14.3. The van der Waals surface area contributed by atoms with Crippen LogP contribution in [-0.4, -0.2) is 35.3 Å². The molecular formula is C15H18N2O3. The Balaban J connectivity index is 2.55. The molecule has 20 heavy (non-hydrogen) atoms. The molecule has 1 aromatic heterocycles. The number of aliphatic hydroxyl groups is 1. The maximum atomic E-state index is 12.0. The minimum Gasteiger partial charge on any atom is -0.462 e. The van der Waals surface area contributed by atoms with Gasteiger partial charge in [0.25, 0.3) is 0 Å². The maximum Gasteiger partial charge on any atom is 0.341 e. The fraction of sp³-hybridized carbons (Fsp3) is 0.333. The average Bonchev–Trinajstić information content (AvgIpc) is 2.47. The summed E-state index contributed by atoms with van der Waals surface area (Å²) < 4.78 is 5.05. The highest BCUT2D eigenvalue weighted by atomic mass is 16.5. The molecule has 0 aliphatic heterocycles. The molecule has 0 saturated heterocycles. The smallest absolute Gasteiger partial charge is 0.341 e. The monoisotopic (exact) mass is 274 g/mol. The molecule has 0 bridgehead atoms. The van der Waals surface area contributed by atoms with Gasteiger partial charge in [-0.2, -0.15) is 0 Å². The lowest BCUT2D eigenvalue weighted by molar-refractivity contribution is 0.0527. The lowest BCUT2D eigenvalue weighted by atomic mass is 10.1. The molecule has 106 valence electrons. The second-order valence-corrected chi connectivity index (χ2v) is 4.51. The summed E-state index contributed by atoms with van der Waals surface area (Å²) in [6.07, 6.45) is 1.51. The highest BCUT2D eigenvalue weighted by Crippen LogP contribution is 2.27. The van der Waals surface area contributed by atoms with E-state index in [1.54, 1.807) is 6.92 Å². The Morgan fingerprint density at radius 2 is 2.20 bits per heavy atom. The Bertz CT molecular complexity index is 613. The number of nitrogens with one attached hydrogen (secondary N) is 1. The number of benzene rings is 1. The van der Waals surface area contributed by atoms with Crippen molar-refractivity contribution in [1.29, 1.82) is 0 Å². The van der Waals surface area contributed by atoms with E-state index in [0.717, 1.165) is 10.9 Å². The van der Waals surface area contributed by atoms with Crippen LogP contribution in [0.1, 0.15) is 24.2 Å². The quantitative estimate of drug-likeness (QED) is 0.818. The molecule has 0 fully saturated rings. The van der Waals surface area contributed by atoms with Gasteiger partial charge in [0.15, 0.2) is 0 Å². The van der Waals surface area contributed by atoms with Crippen molar-refractivity contribution in [3.8, 4) is 0 Å². The molecule has 0 radical (unpaired) electrons. The largest absolute Gasteiger partial charge is 0.462 e. The summed E-state index contributed by atoms with van der Waals surface area (Å²) in [5, 5.41) is 13.2. The van der Waals surface area contributed by atoms with Crippen molar-refractivity contribution in [3.05, 3.63) is 36.0 Å². The molecule has 5 heteroatoms. The zero-order valence-electron chi connectivity index (χ0n) is 11.6. The van der Waals surface area contributed by atoms with Crippen LogP contribution in [0.25, 0.3) is 10.9 Å². The maximum absolute atomic E-state index is 12.0. The van der Waals surface area contributed by atoms with Crippen molar-refractivity contribution in [2.75, 3.05) is 18.5 Å². The molecule has 2 N–H and O–H groups in total. The van der Waals surface area contributed by atoms with Crippen LogP contribution < -0.4 is 5.32 Å². The SMILES string of the molecule is CCOC(=O)c1cnc2ccccc2c1NC(C)CO. The summed E-state index contributed by atoms with van der Waals surface area (Å²) in [6.45, 7) is 3.87. The molecule has 0 spiro atoms. The minimum atomic E-state index is -0.418. The first-order valence-electron chi connectivity index (χ1n) is 6.59. The molecule has 5 nitrogen and oxygen atoms in total. The number of carbonyl (C=O) groups is 1. The van der Waals surface area contributed by atoms with Crippen LogP contribution in [0.5, 0.6) is 0 Å². The number of esters is 1. The first-order chi connectivity index (χ1) is 9.67. The van der Waals surface area contributed by atoms with Crippen LogP contribution in [0, 0.1) is 0 Å². The highest BCUT2D eigenvalue weighted by molar-refractivity contribution is 6.04. The second kappa shape index (κ2) is 6.34. The molecule has 0 aliphatic carbocycles. The van der Waals surface area contributed by atoms with E-state index in [1.807, 2.05) is 31.2 Å². The molecule has 2 aromatic rings. The van der Waals surface area contributed by atoms with Crippen molar-refractivity contribution < 1.29 is 14.6 Å². The van der Waals surface area contributed by atoms with E-state index in [9.17, 15) is 9.90 Å². The van der Waals surface area contributed by atoms with Crippen LogP contribution in [0.2, 0.25) is 0 Å². The molecule has 1 aromatic carbocycles. The molecule has 1 atom stereocenters. The zero-order chi connectivity index (χ0) is 14.5. The summed E-state index contributed by atoms with van der Waals surface area (Å²) in [4.78, 5) is 16.3. The molecule has 0 amide bonds. The van der Waals surface area contributed by atoms with Crippen molar-refractivity contribution in [3.63, 3.8) is 0 Å². The van der Waals surface area contributed by atoms with E-state index in [0.29, 0.717) is 17.9 Å². The van der Waals surface area contributed by atoms with Gasteiger partial charge in [-0.1, -0.05) is 18.2 Å². The third kappa shape index (κ3) is 2.88. The molecule has 0 saturated carbocycles. The number of rotatable bonds is 5. The fourth-order valence-electron chi connectivity index (χ4n) is 1.95. The van der Waals surface area contributed by atoms with Gasteiger partial charge in [-0.15, -0.1) is 0 Å². The lowest BCUT2D eigenvalue weighted by Gasteiger charge is -2.17. The number of nitrogens with zero attached hydrogens (tertiary/aromatic N) is 1. The number of ether oxygens (including phenoxy) is 1. The first-order valence-corrected chi connectivity index (χ1v) is 6.59. The van der Waals surface area contributed by atoms with Gasteiger partial charge in [0.05, 0.1) is 24.4 Å². The van der Waals surface area contributed by atoms with E-state index in [-0.39, 0.29) is 12.6 Å². The van der Waals surface area contributed by atoms with Gasteiger partial charge in [-0.3, -0.25) is 4.98 Å². The topological polar surface area (TPSA) is 71.5 Å². The van der Waals surface area contributed by atoms with Gasteiger partial charge < -0.3 is 15.2 Å². The third-order valence-electron chi connectivity index (χ3n) is 2.94. The Labute approximate surface area is 117 Å². The zero-order valence-corrected chi connectivity index (χ0v) is 11.6. The predicted octanol–water partition coefficient (Wildman–Crippen LogP) is 2.20. The van der Waals surface area contributed by atoms with Gasteiger partial charge in [0, 0.05) is 17.6 Å². The molecular weight excluding hydrogens is 256 g/mol. The molecule has 0 aliphatic rings. The highest BCUT2D eigenvalue weighted by Gasteiger charge is 2.17. The lowest BCUT2D eigenvalue weighted by Crippen LogP contribution is -2.22. The van der Waals surface area contributed by atoms with Gasteiger partial charge in [-0.25, -0.2) is 4.79 Å². The fourth-order valence-corrected chi connectivity index (χ4v) is 1.95. The van der Waals surface area contributed by atoms with Crippen LogP contribution in [0.15, 0.2) is 30.5 Å². The molecule has 1 unspecified atom stereocenters. The summed E-state index contributed by atoms with van der Waals surface area (Å²) in [5.41, 5.74) is 1.81. The van der Waals surface area contributed by atoms with Gasteiger partial charge >= 0.3 is 5.97 Å². The van der Waals surface area contributed by atoms with E-state index >= 15 is 0 Å². The van der Waals surface area contributed by atoms with Gasteiger partial charge in [0.1, 0.15) is 5.56 Å². The van der Waals surface area contributed by atoms with Crippen molar-refractivity contribution in [1.82, 2.24) is 4.98 Å². The molecule has 1 heterocycles. The van der Waals surface area contributed by atoms with E-state index in [1.165, 1.54) is 6.20 Å².